The average Bonchev–Trinajstić information content (AvgIpc) is 2.79. The molecule has 0 aromatic heterocycles. The number of carbonyl (C=O) groups is 1. The summed E-state index contributed by atoms with van der Waals surface area (Å²) < 4.78 is 23.1. The normalized spacial score (nSPS) is 20.8. The minimum Gasteiger partial charge on any atom is -0.335 e. The van der Waals surface area contributed by atoms with E-state index in [1.54, 1.807) is 17.0 Å². The maximum absolute atomic E-state index is 12.5. The molecule has 0 saturated carbocycles. The van der Waals surface area contributed by atoms with Crippen molar-refractivity contribution in [3.63, 3.8) is 0 Å². The van der Waals surface area contributed by atoms with Crippen molar-refractivity contribution >= 4 is 15.7 Å². The zero-order chi connectivity index (χ0) is 14.8. The Hall–Kier alpha value is -1.40. The highest BCUT2D eigenvalue weighted by atomic mass is 32.2. The van der Waals surface area contributed by atoms with Crippen LogP contribution in [0.2, 0.25) is 0 Å². The van der Waals surface area contributed by atoms with Gasteiger partial charge in [0.05, 0.1) is 11.5 Å². The third-order valence-corrected chi connectivity index (χ3v) is 5.44. The van der Waals surface area contributed by atoms with Crippen LogP contribution in [0.5, 0.6) is 0 Å². The lowest BCUT2D eigenvalue weighted by Crippen LogP contribution is -2.40. The first-order valence-electron chi connectivity index (χ1n) is 6.77. The van der Waals surface area contributed by atoms with Gasteiger partial charge in [0.1, 0.15) is 0 Å². The van der Waals surface area contributed by atoms with E-state index in [1.165, 1.54) is 0 Å². The average molecular weight is 296 g/mol. The van der Waals surface area contributed by atoms with Gasteiger partial charge in [0.2, 0.25) is 0 Å². The Morgan fingerprint density at radius 1 is 1.35 bits per heavy atom. The Morgan fingerprint density at radius 2 is 2.00 bits per heavy atom. The Balaban J connectivity index is 2.16. The molecule has 1 atom stereocenters. The molecule has 0 spiro atoms. The molecule has 1 amide bonds. The van der Waals surface area contributed by atoms with Crippen LogP contribution in [0.3, 0.4) is 0 Å². The molecule has 1 aromatic carbocycles. The molecule has 5 nitrogen and oxygen atoms in total. The summed E-state index contributed by atoms with van der Waals surface area (Å²) in [5.41, 5.74) is 7.07. The second-order valence-electron chi connectivity index (χ2n) is 5.05. The van der Waals surface area contributed by atoms with Crippen LogP contribution in [0.1, 0.15) is 29.3 Å². The summed E-state index contributed by atoms with van der Waals surface area (Å²) >= 11 is 0. The van der Waals surface area contributed by atoms with Crippen LogP contribution in [-0.4, -0.2) is 43.3 Å². The maximum Gasteiger partial charge on any atom is 0.254 e. The summed E-state index contributed by atoms with van der Waals surface area (Å²) in [4.78, 5) is 14.1. The van der Waals surface area contributed by atoms with E-state index in [9.17, 15) is 13.2 Å². The number of hydrogen-bond donors (Lipinski definition) is 1. The zero-order valence-electron chi connectivity index (χ0n) is 11.6. The number of carbonyl (C=O) groups excluding carboxylic acids is 1. The lowest BCUT2D eigenvalue weighted by Gasteiger charge is -2.27. The topological polar surface area (TPSA) is 80.5 Å². The van der Waals surface area contributed by atoms with Crippen molar-refractivity contribution in [2.45, 2.75) is 25.9 Å². The van der Waals surface area contributed by atoms with Crippen LogP contribution in [0.15, 0.2) is 24.3 Å². The zero-order valence-corrected chi connectivity index (χ0v) is 12.4. The van der Waals surface area contributed by atoms with Gasteiger partial charge in [-0.3, -0.25) is 4.79 Å². The summed E-state index contributed by atoms with van der Waals surface area (Å²) in [5, 5.41) is 0. The van der Waals surface area contributed by atoms with Gasteiger partial charge in [0.15, 0.2) is 9.84 Å². The van der Waals surface area contributed by atoms with E-state index in [1.807, 2.05) is 19.1 Å². The van der Waals surface area contributed by atoms with E-state index in [0.29, 0.717) is 25.1 Å². The van der Waals surface area contributed by atoms with Gasteiger partial charge in [0.25, 0.3) is 5.91 Å². The molecule has 2 rings (SSSR count). The van der Waals surface area contributed by atoms with E-state index < -0.39 is 9.84 Å². The van der Waals surface area contributed by atoms with Crippen LogP contribution in [0.25, 0.3) is 0 Å². The summed E-state index contributed by atoms with van der Waals surface area (Å²) in [6.07, 6.45) is 0.531. The fourth-order valence-electron chi connectivity index (χ4n) is 2.54. The summed E-state index contributed by atoms with van der Waals surface area (Å²) in [6, 6.07) is 6.94. The highest BCUT2D eigenvalue weighted by Gasteiger charge is 2.34. The fraction of sp³-hybridized carbons (Fsp3) is 0.500. The van der Waals surface area contributed by atoms with Crippen molar-refractivity contribution in [2.75, 3.05) is 18.1 Å². The van der Waals surface area contributed by atoms with E-state index in [4.69, 9.17) is 5.73 Å². The molecule has 0 bridgehead atoms. The van der Waals surface area contributed by atoms with Gasteiger partial charge in [0, 0.05) is 24.7 Å². The third kappa shape index (κ3) is 3.19. The van der Waals surface area contributed by atoms with Crippen LogP contribution < -0.4 is 5.73 Å². The quantitative estimate of drug-likeness (QED) is 0.891. The summed E-state index contributed by atoms with van der Waals surface area (Å²) in [7, 11) is -2.99. The number of amides is 1. The van der Waals surface area contributed by atoms with Gasteiger partial charge < -0.3 is 10.6 Å². The number of rotatable bonds is 4. The molecular weight excluding hydrogens is 276 g/mol. The number of hydrogen-bond acceptors (Lipinski definition) is 4. The van der Waals surface area contributed by atoms with Crippen LogP contribution in [0.4, 0.5) is 0 Å². The largest absolute Gasteiger partial charge is 0.335 e. The first-order chi connectivity index (χ1) is 9.46. The lowest BCUT2D eigenvalue weighted by atomic mass is 10.1. The molecule has 1 fully saturated rings. The Labute approximate surface area is 119 Å². The highest BCUT2D eigenvalue weighted by Crippen LogP contribution is 2.20. The minimum atomic E-state index is -2.99. The predicted molar refractivity (Wildman–Crippen MR) is 78.1 cm³/mol. The minimum absolute atomic E-state index is 0.0768. The first kappa shape index (κ1) is 15.0. The van der Waals surface area contributed by atoms with Crippen molar-refractivity contribution in [1.82, 2.24) is 4.90 Å². The number of nitrogens with two attached hydrogens (primary N) is 1. The molecule has 2 N–H and O–H groups in total. The molecular formula is C14H20N2O3S. The SMILES string of the molecule is CCN(C(=O)c1ccc(CN)cc1)C1CCS(=O)(=O)C1. The Kier molecular flexibility index (Phi) is 4.45. The Bertz CT molecular complexity index is 581. The molecule has 110 valence electrons. The van der Waals surface area contributed by atoms with Gasteiger partial charge in [-0.15, -0.1) is 0 Å². The molecule has 20 heavy (non-hydrogen) atoms. The smallest absolute Gasteiger partial charge is 0.254 e. The summed E-state index contributed by atoms with van der Waals surface area (Å²) in [5.74, 6) is 0.138. The lowest BCUT2D eigenvalue weighted by molar-refractivity contribution is 0.0708. The predicted octanol–water partition coefficient (Wildman–Crippen LogP) is 0.795. The maximum atomic E-state index is 12.5. The third-order valence-electron chi connectivity index (χ3n) is 3.69. The van der Waals surface area contributed by atoms with Gasteiger partial charge in [-0.25, -0.2) is 8.42 Å². The van der Waals surface area contributed by atoms with Gasteiger partial charge in [-0.2, -0.15) is 0 Å². The van der Waals surface area contributed by atoms with Crippen molar-refractivity contribution < 1.29 is 13.2 Å². The Morgan fingerprint density at radius 3 is 2.45 bits per heavy atom. The van der Waals surface area contributed by atoms with Crippen molar-refractivity contribution in [3.05, 3.63) is 35.4 Å². The van der Waals surface area contributed by atoms with Crippen LogP contribution in [0, 0.1) is 0 Å². The molecule has 6 heteroatoms. The number of benzene rings is 1. The van der Waals surface area contributed by atoms with Crippen molar-refractivity contribution in [2.24, 2.45) is 5.73 Å². The molecule has 1 aliphatic rings. The van der Waals surface area contributed by atoms with Crippen LogP contribution in [-0.2, 0) is 16.4 Å². The molecule has 1 aliphatic heterocycles. The standard InChI is InChI=1S/C14H20N2O3S/c1-2-16(13-7-8-20(18,19)10-13)14(17)12-5-3-11(9-15)4-6-12/h3-6,13H,2,7-10,15H2,1H3. The van der Waals surface area contributed by atoms with Gasteiger partial charge >= 0.3 is 0 Å². The monoisotopic (exact) mass is 296 g/mol. The van der Waals surface area contributed by atoms with E-state index >= 15 is 0 Å². The fourth-order valence-corrected chi connectivity index (χ4v) is 4.27. The van der Waals surface area contributed by atoms with Gasteiger partial charge in [-0.05, 0) is 31.0 Å². The van der Waals surface area contributed by atoms with Gasteiger partial charge in [-0.1, -0.05) is 12.1 Å². The molecule has 1 heterocycles. The van der Waals surface area contributed by atoms with E-state index in [2.05, 4.69) is 0 Å². The summed E-state index contributed by atoms with van der Waals surface area (Å²) in [6.45, 7) is 2.82. The van der Waals surface area contributed by atoms with Crippen molar-refractivity contribution in [1.29, 1.82) is 0 Å². The van der Waals surface area contributed by atoms with Crippen LogP contribution >= 0.6 is 0 Å². The highest BCUT2D eigenvalue weighted by molar-refractivity contribution is 7.91. The number of sulfone groups is 1. The molecule has 1 unspecified atom stereocenters. The number of nitrogens with zero attached hydrogens (tertiary/aromatic N) is 1. The van der Waals surface area contributed by atoms with E-state index in [0.717, 1.165) is 5.56 Å². The second-order valence-corrected chi connectivity index (χ2v) is 7.28. The molecule has 0 aliphatic carbocycles. The molecule has 1 aromatic rings. The van der Waals surface area contributed by atoms with Crippen molar-refractivity contribution in [3.8, 4) is 0 Å². The van der Waals surface area contributed by atoms with E-state index in [-0.39, 0.29) is 23.5 Å². The molecule has 0 radical (unpaired) electrons. The second kappa shape index (κ2) is 5.93. The first-order valence-corrected chi connectivity index (χ1v) is 8.59. The molecule has 1 saturated heterocycles.